The van der Waals surface area contributed by atoms with E-state index >= 15 is 0 Å². The first-order valence-corrected chi connectivity index (χ1v) is 6.83. The second kappa shape index (κ2) is 5.39. The summed E-state index contributed by atoms with van der Waals surface area (Å²) in [5.41, 5.74) is 1.47. The summed E-state index contributed by atoms with van der Waals surface area (Å²) >= 11 is 12.9. The lowest BCUT2D eigenvalue weighted by Gasteiger charge is -2.02. The van der Waals surface area contributed by atoms with Crippen LogP contribution in [0.2, 0.25) is 10.0 Å². The SMILES string of the molecule is Cc1csc(C(=O)Cc2ccc(Cl)c(F)c2)c1Cl. The topological polar surface area (TPSA) is 17.1 Å². The van der Waals surface area contributed by atoms with Gasteiger partial charge in [0.25, 0.3) is 0 Å². The molecular weight excluding hydrogens is 294 g/mol. The smallest absolute Gasteiger partial charge is 0.178 e. The van der Waals surface area contributed by atoms with E-state index in [1.807, 2.05) is 12.3 Å². The number of carbonyl (C=O) groups is 1. The maximum absolute atomic E-state index is 13.2. The van der Waals surface area contributed by atoms with Crippen LogP contribution in [0, 0.1) is 12.7 Å². The summed E-state index contributed by atoms with van der Waals surface area (Å²) in [6.45, 7) is 1.84. The van der Waals surface area contributed by atoms with E-state index in [2.05, 4.69) is 0 Å². The first-order valence-electron chi connectivity index (χ1n) is 5.19. The van der Waals surface area contributed by atoms with Crippen molar-refractivity contribution in [2.24, 2.45) is 0 Å². The molecule has 1 nitrogen and oxygen atoms in total. The van der Waals surface area contributed by atoms with E-state index in [1.165, 1.54) is 23.5 Å². The molecule has 0 unspecified atom stereocenters. The zero-order chi connectivity index (χ0) is 13.3. The van der Waals surface area contributed by atoms with Gasteiger partial charge in [-0.2, -0.15) is 0 Å². The lowest BCUT2D eigenvalue weighted by molar-refractivity contribution is 0.0997. The molecule has 0 radical (unpaired) electrons. The van der Waals surface area contributed by atoms with Crippen molar-refractivity contribution in [2.75, 3.05) is 0 Å². The third kappa shape index (κ3) is 2.74. The van der Waals surface area contributed by atoms with Gasteiger partial charge in [0.15, 0.2) is 5.78 Å². The molecule has 0 saturated heterocycles. The number of ketones is 1. The fourth-order valence-corrected chi connectivity index (χ4v) is 2.89. The van der Waals surface area contributed by atoms with Crippen LogP contribution >= 0.6 is 34.5 Å². The van der Waals surface area contributed by atoms with Crippen molar-refractivity contribution in [3.8, 4) is 0 Å². The van der Waals surface area contributed by atoms with Crippen LogP contribution in [0.25, 0.3) is 0 Å². The molecule has 0 atom stereocenters. The summed E-state index contributed by atoms with van der Waals surface area (Å²) in [5.74, 6) is -0.629. The van der Waals surface area contributed by atoms with E-state index in [0.29, 0.717) is 15.5 Å². The predicted octanol–water partition coefficient (Wildman–Crippen LogP) is 4.93. The minimum atomic E-state index is -0.518. The molecule has 0 amide bonds. The highest BCUT2D eigenvalue weighted by Gasteiger charge is 2.15. The van der Waals surface area contributed by atoms with Gasteiger partial charge >= 0.3 is 0 Å². The van der Waals surface area contributed by atoms with E-state index in [-0.39, 0.29) is 17.2 Å². The number of thiophene rings is 1. The number of rotatable bonds is 3. The van der Waals surface area contributed by atoms with E-state index < -0.39 is 5.82 Å². The lowest BCUT2D eigenvalue weighted by atomic mass is 10.1. The molecule has 2 rings (SSSR count). The maximum atomic E-state index is 13.2. The molecule has 1 aromatic carbocycles. The quantitative estimate of drug-likeness (QED) is 0.735. The van der Waals surface area contributed by atoms with Gasteiger partial charge in [-0.15, -0.1) is 11.3 Å². The molecule has 0 saturated carbocycles. The fourth-order valence-electron chi connectivity index (χ4n) is 1.53. The number of Topliss-reactive ketones (excluding diaryl/α,β-unsaturated/α-hetero) is 1. The van der Waals surface area contributed by atoms with Gasteiger partial charge in [0, 0.05) is 6.42 Å². The predicted molar refractivity (Wildman–Crippen MR) is 73.5 cm³/mol. The number of benzene rings is 1. The summed E-state index contributed by atoms with van der Waals surface area (Å²) in [4.78, 5) is 12.5. The van der Waals surface area contributed by atoms with Crippen molar-refractivity contribution in [1.29, 1.82) is 0 Å². The van der Waals surface area contributed by atoms with E-state index in [1.54, 1.807) is 6.07 Å². The second-order valence-corrected chi connectivity index (χ2v) is 5.58. The molecule has 94 valence electrons. The van der Waals surface area contributed by atoms with Crippen LogP contribution in [0.15, 0.2) is 23.6 Å². The zero-order valence-corrected chi connectivity index (χ0v) is 11.8. The Hall–Kier alpha value is -0.900. The Morgan fingerprint density at radius 1 is 1.39 bits per heavy atom. The highest BCUT2D eigenvalue weighted by Crippen LogP contribution is 2.28. The molecule has 0 N–H and O–H groups in total. The van der Waals surface area contributed by atoms with Crippen LogP contribution in [0.5, 0.6) is 0 Å². The summed E-state index contributed by atoms with van der Waals surface area (Å²) in [7, 11) is 0. The molecular formula is C13H9Cl2FOS. The molecule has 1 heterocycles. The molecule has 18 heavy (non-hydrogen) atoms. The largest absolute Gasteiger partial charge is 0.293 e. The number of hydrogen-bond donors (Lipinski definition) is 0. The molecule has 0 spiro atoms. The standard InChI is InChI=1S/C13H9Cl2FOS/c1-7-6-18-13(12(7)15)11(17)5-8-2-3-9(14)10(16)4-8/h2-4,6H,5H2,1H3. The van der Waals surface area contributed by atoms with Gasteiger partial charge in [0.1, 0.15) is 5.82 Å². The number of aryl methyl sites for hydroxylation is 1. The maximum Gasteiger partial charge on any atom is 0.178 e. The van der Waals surface area contributed by atoms with Crippen molar-refractivity contribution in [1.82, 2.24) is 0 Å². The Kier molecular flexibility index (Phi) is 4.05. The van der Waals surface area contributed by atoms with Crippen LogP contribution in [0.3, 0.4) is 0 Å². The monoisotopic (exact) mass is 302 g/mol. The average Bonchev–Trinajstić information content (AvgIpc) is 2.65. The van der Waals surface area contributed by atoms with Crippen molar-refractivity contribution in [3.63, 3.8) is 0 Å². The average molecular weight is 303 g/mol. The summed E-state index contributed by atoms with van der Waals surface area (Å²) < 4.78 is 13.2. The molecule has 1 aromatic heterocycles. The Bertz CT molecular complexity index is 607. The van der Waals surface area contributed by atoms with Crippen LogP contribution in [0.1, 0.15) is 20.8 Å². The molecule has 5 heteroatoms. The molecule has 0 bridgehead atoms. The Labute approximate surface area is 118 Å². The summed E-state index contributed by atoms with van der Waals surface area (Å²) in [5, 5.41) is 2.37. The molecule has 0 fully saturated rings. The van der Waals surface area contributed by atoms with Gasteiger partial charge in [-0.05, 0) is 35.6 Å². The van der Waals surface area contributed by atoms with Gasteiger partial charge in [0.2, 0.25) is 0 Å². The Morgan fingerprint density at radius 2 is 2.11 bits per heavy atom. The molecule has 0 aliphatic heterocycles. The lowest BCUT2D eigenvalue weighted by Crippen LogP contribution is -2.02. The summed E-state index contributed by atoms with van der Waals surface area (Å²) in [6, 6.07) is 4.35. The van der Waals surface area contributed by atoms with Crippen molar-refractivity contribution < 1.29 is 9.18 Å². The second-order valence-electron chi connectivity index (χ2n) is 3.91. The third-order valence-corrected chi connectivity index (χ3v) is 4.55. The van der Waals surface area contributed by atoms with Crippen LogP contribution < -0.4 is 0 Å². The first kappa shape index (κ1) is 13.5. The summed E-state index contributed by atoms with van der Waals surface area (Å²) in [6.07, 6.45) is 0.119. The molecule has 0 aliphatic rings. The van der Waals surface area contributed by atoms with Gasteiger partial charge in [-0.25, -0.2) is 4.39 Å². The van der Waals surface area contributed by atoms with Crippen LogP contribution in [-0.4, -0.2) is 5.78 Å². The van der Waals surface area contributed by atoms with E-state index in [9.17, 15) is 9.18 Å². The van der Waals surface area contributed by atoms with E-state index in [0.717, 1.165) is 5.56 Å². The Balaban J connectivity index is 2.21. The van der Waals surface area contributed by atoms with Gasteiger partial charge in [0.05, 0.1) is 14.9 Å². The highest BCUT2D eigenvalue weighted by molar-refractivity contribution is 7.13. The highest BCUT2D eigenvalue weighted by atomic mass is 35.5. The third-order valence-electron chi connectivity index (χ3n) is 2.50. The van der Waals surface area contributed by atoms with Crippen LogP contribution in [-0.2, 0) is 6.42 Å². The van der Waals surface area contributed by atoms with Gasteiger partial charge < -0.3 is 0 Å². The number of halogens is 3. The van der Waals surface area contributed by atoms with Crippen molar-refractivity contribution >= 4 is 40.3 Å². The van der Waals surface area contributed by atoms with Gasteiger partial charge in [-0.3, -0.25) is 4.79 Å². The zero-order valence-electron chi connectivity index (χ0n) is 9.47. The van der Waals surface area contributed by atoms with Crippen LogP contribution in [0.4, 0.5) is 4.39 Å². The number of hydrogen-bond acceptors (Lipinski definition) is 2. The molecule has 2 aromatic rings. The minimum Gasteiger partial charge on any atom is -0.293 e. The van der Waals surface area contributed by atoms with Crippen molar-refractivity contribution in [2.45, 2.75) is 13.3 Å². The van der Waals surface area contributed by atoms with E-state index in [4.69, 9.17) is 23.2 Å². The van der Waals surface area contributed by atoms with Gasteiger partial charge in [-0.1, -0.05) is 29.3 Å². The number of carbonyl (C=O) groups excluding carboxylic acids is 1. The normalized spacial score (nSPS) is 10.7. The van der Waals surface area contributed by atoms with Crippen molar-refractivity contribution in [3.05, 3.63) is 55.4 Å². The fraction of sp³-hybridized carbons (Fsp3) is 0.154. The first-order chi connectivity index (χ1) is 8.49. The molecule has 0 aliphatic carbocycles. The Morgan fingerprint density at radius 3 is 2.67 bits per heavy atom. The minimum absolute atomic E-state index is 0.0520.